The van der Waals surface area contributed by atoms with Crippen molar-refractivity contribution in [2.45, 2.75) is 57.6 Å². The topological polar surface area (TPSA) is 93.0 Å². The smallest absolute Gasteiger partial charge is 0.155 e. The average Bonchev–Trinajstić information content (AvgIpc) is 3.16. The number of hydrogen-bond acceptors (Lipinski definition) is 5. The van der Waals surface area contributed by atoms with E-state index in [1.165, 1.54) is 0 Å². The summed E-state index contributed by atoms with van der Waals surface area (Å²) in [5.74, 6) is 0.959. The van der Waals surface area contributed by atoms with Crippen LogP contribution in [0.25, 0.3) is 11.5 Å². The van der Waals surface area contributed by atoms with Crippen LogP contribution >= 0.6 is 0 Å². The molecule has 6 nitrogen and oxygen atoms in total. The first-order valence-corrected chi connectivity index (χ1v) is 10.2. The number of ketones is 1. The Kier molecular flexibility index (Phi) is 6.21. The molecule has 0 bridgehead atoms. The van der Waals surface area contributed by atoms with Crippen LogP contribution < -0.4 is 0 Å². The molecule has 0 aliphatic rings. The highest BCUT2D eigenvalue weighted by atomic mass is 32.2. The van der Waals surface area contributed by atoms with E-state index in [1.54, 1.807) is 33.1 Å². The number of Topliss-reactive ketones (excluding diaryl/α,β-unsaturated/α-hetero) is 1. The molecule has 0 radical (unpaired) electrons. The number of hydrogen-bond donors (Lipinski definition) is 1. The van der Waals surface area contributed by atoms with Crippen LogP contribution in [0.3, 0.4) is 0 Å². The molecule has 2 rings (SSSR count). The number of aromatic nitrogens is 2. The van der Waals surface area contributed by atoms with Crippen molar-refractivity contribution in [2.75, 3.05) is 5.75 Å². The van der Waals surface area contributed by atoms with Gasteiger partial charge in [0.25, 0.3) is 0 Å². The number of furan rings is 1. The summed E-state index contributed by atoms with van der Waals surface area (Å²) < 4.78 is 28.6. The second kappa shape index (κ2) is 7.99. The van der Waals surface area contributed by atoms with Gasteiger partial charge in [-0.3, -0.25) is 9.89 Å². The van der Waals surface area contributed by atoms with Crippen LogP contribution in [0.1, 0.15) is 52.1 Å². The van der Waals surface area contributed by atoms with Crippen LogP contribution in [-0.2, 0) is 21.1 Å². The molecule has 0 aliphatic carbocycles. The van der Waals surface area contributed by atoms with Gasteiger partial charge in [-0.1, -0.05) is 6.42 Å². The van der Waals surface area contributed by atoms with Crippen LogP contribution in [-0.4, -0.2) is 34.9 Å². The molecule has 0 aliphatic heterocycles. The summed E-state index contributed by atoms with van der Waals surface area (Å²) in [5, 5.41) is 6.99. The lowest BCUT2D eigenvalue weighted by Crippen LogP contribution is -2.30. The highest BCUT2D eigenvalue weighted by Gasteiger charge is 2.27. The third-order valence-electron chi connectivity index (χ3n) is 4.09. The van der Waals surface area contributed by atoms with Crippen molar-refractivity contribution in [3.63, 3.8) is 0 Å². The zero-order chi connectivity index (χ0) is 18.5. The van der Waals surface area contributed by atoms with Crippen molar-refractivity contribution < 1.29 is 17.6 Å². The molecule has 25 heavy (non-hydrogen) atoms. The number of nitrogens with one attached hydrogen (secondary N) is 1. The van der Waals surface area contributed by atoms with Crippen LogP contribution in [0, 0.1) is 0 Å². The minimum absolute atomic E-state index is 0.119. The molecular formula is C18H26N2O4S. The summed E-state index contributed by atoms with van der Waals surface area (Å²) in [4.78, 5) is 12.0. The van der Waals surface area contributed by atoms with E-state index in [-0.39, 0.29) is 11.5 Å². The van der Waals surface area contributed by atoms with Gasteiger partial charge in [-0.15, -0.1) is 0 Å². The summed E-state index contributed by atoms with van der Waals surface area (Å²) in [6, 6.07) is 5.41. The van der Waals surface area contributed by atoms with Gasteiger partial charge in [0, 0.05) is 18.5 Å². The zero-order valence-corrected chi connectivity index (χ0v) is 15.9. The van der Waals surface area contributed by atoms with Gasteiger partial charge in [-0.25, -0.2) is 8.42 Å². The summed E-state index contributed by atoms with van der Waals surface area (Å²) in [6.45, 7) is 5.15. The van der Waals surface area contributed by atoms with Crippen LogP contribution in [0.4, 0.5) is 0 Å². The maximum atomic E-state index is 12.0. The lowest BCUT2D eigenvalue weighted by atomic mass is 10.1. The standard InChI is InChI=1S/C18H26N2O4S/c1-18(2,3)25(22,23)11-6-4-5-8-15(21)12-14-13-16(20-19-14)17-9-7-10-24-17/h7,9-10,13H,4-6,8,11-12H2,1-3H3,(H,19,20). The largest absolute Gasteiger partial charge is 0.463 e. The molecule has 0 amide bonds. The molecule has 2 aromatic rings. The first-order valence-electron chi connectivity index (χ1n) is 8.51. The van der Waals surface area contributed by atoms with Gasteiger partial charge in [-0.2, -0.15) is 5.10 Å². The molecule has 0 unspecified atom stereocenters. The fraction of sp³-hybridized carbons (Fsp3) is 0.556. The fourth-order valence-electron chi connectivity index (χ4n) is 2.40. The Morgan fingerprint density at radius 2 is 2.00 bits per heavy atom. The number of nitrogens with zero attached hydrogens (tertiary/aromatic N) is 1. The molecule has 2 aromatic heterocycles. The number of H-pyrrole nitrogens is 1. The first kappa shape index (κ1) is 19.4. The van der Waals surface area contributed by atoms with Crippen molar-refractivity contribution >= 4 is 15.6 Å². The van der Waals surface area contributed by atoms with E-state index in [1.807, 2.05) is 12.1 Å². The second-order valence-corrected chi connectivity index (χ2v) is 10.1. The fourth-order valence-corrected chi connectivity index (χ4v) is 3.60. The van der Waals surface area contributed by atoms with Gasteiger partial charge in [0.05, 0.1) is 16.8 Å². The van der Waals surface area contributed by atoms with Crippen molar-refractivity contribution in [1.82, 2.24) is 10.2 Å². The summed E-state index contributed by atoms with van der Waals surface area (Å²) in [7, 11) is -3.07. The van der Waals surface area contributed by atoms with Gasteiger partial charge in [0.1, 0.15) is 11.5 Å². The number of rotatable bonds is 9. The van der Waals surface area contributed by atoms with E-state index in [2.05, 4.69) is 10.2 Å². The molecule has 0 saturated heterocycles. The molecule has 0 atom stereocenters. The van der Waals surface area contributed by atoms with Gasteiger partial charge >= 0.3 is 0 Å². The molecule has 0 spiro atoms. The minimum atomic E-state index is -3.07. The predicted molar refractivity (Wildman–Crippen MR) is 97.0 cm³/mol. The third kappa shape index (κ3) is 5.56. The normalized spacial score (nSPS) is 12.4. The summed E-state index contributed by atoms with van der Waals surface area (Å²) in [6.07, 6.45) is 4.37. The Bertz CT molecular complexity index is 783. The third-order valence-corrected chi connectivity index (χ3v) is 6.79. The van der Waals surface area contributed by atoms with Crippen molar-refractivity contribution in [3.8, 4) is 11.5 Å². The van der Waals surface area contributed by atoms with Crippen molar-refractivity contribution in [3.05, 3.63) is 30.2 Å². The monoisotopic (exact) mass is 366 g/mol. The quantitative estimate of drug-likeness (QED) is 0.685. The molecule has 1 N–H and O–H groups in total. The van der Waals surface area contributed by atoms with Gasteiger partial charge in [0.15, 0.2) is 15.6 Å². The van der Waals surface area contributed by atoms with E-state index in [4.69, 9.17) is 4.42 Å². The molecule has 138 valence electrons. The summed E-state index contributed by atoms with van der Waals surface area (Å²) >= 11 is 0. The van der Waals surface area contributed by atoms with Gasteiger partial charge in [-0.05, 0) is 51.8 Å². The Hall–Kier alpha value is -1.89. The first-order chi connectivity index (χ1) is 11.7. The number of unbranched alkanes of at least 4 members (excludes halogenated alkanes) is 2. The Morgan fingerprint density at radius 1 is 1.24 bits per heavy atom. The molecule has 0 saturated carbocycles. The van der Waals surface area contributed by atoms with E-state index in [0.29, 0.717) is 37.1 Å². The average molecular weight is 366 g/mol. The van der Waals surface area contributed by atoms with Crippen molar-refractivity contribution in [1.29, 1.82) is 0 Å². The van der Waals surface area contributed by atoms with Crippen molar-refractivity contribution in [2.24, 2.45) is 0 Å². The van der Waals surface area contributed by atoms with E-state index < -0.39 is 14.6 Å². The van der Waals surface area contributed by atoms with E-state index in [9.17, 15) is 13.2 Å². The molecule has 2 heterocycles. The Labute approximate surface area is 148 Å². The van der Waals surface area contributed by atoms with Gasteiger partial charge in [0.2, 0.25) is 0 Å². The lowest BCUT2D eigenvalue weighted by molar-refractivity contribution is -0.118. The number of aromatic amines is 1. The minimum Gasteiger partial charge on any atom is -0.463 e. The maximum Gasteiger partial charge on any atom is 0.155 e. The van der Waals surface area contributed by atoms with Gasteiger partial charge < -0.3 is 4.42 Å². The molecule has 0 aromatic carbocycles. The second-order valence-electron chi connectivity index (χ2n) is 7.21. The zero-order valence-electron chi connectivity index (χ0n) is 15.0. The molecular weight excluding hydrogens is 340 g/mol. The highest BCUT2D eigenvalue weighted by molar-refractivity contribution is 7.92. The lowest BCUT2D eigenvalue weighted by Gasteiger charge is -2.18. The van der Waals surface area contributed by atoms with Crippen LogP contribution in [0.15, 0.2) is 28.9 Å². The predicted octanol–water partition coefficient (Wildman–Crippen LogP) is 3.56. The number of carbonyl (C=O) groups excluding carboxylic acids is 1. The number of carbonyl (C=O) groups is 1. The van der Waals surface area contributed by atoms with E-state index >= 15 is 0 Å². The molecule has 7 heteroatoms. The maximum absolute atomic E-state index is 12.0. The SMILES string of the molecule is CC(C)(C)S(=O)(=O)CCCCCC(=O)Cc1cc(-c2ccco2)n[nH]1. The molecule has 0 fully saturated rings. The summed E-state index contributed by atoms with van der Waals surface area (Å²) in [5.41, 5.74) is 1.44. The van der Waals surface area contributed by atoms with E-state index in [0.717, 1.165) is 12.1 Å². The van der Waals surface area contributed by atoms with Crippen LogP contribution in [0.2, 0.25) is 0 Å². The van der Waals surface area contributed by atoms with Crippen LogP contribution in [0.5, 0.6) is 0 Å². The Balaban J connectivity index is 1.70. The number of sulfone groups is 1. The highest BCUT2D eigenvalue weighted by Crippen LogP contribution is 2.19. The Morgan fingerprint density at radius 3 is 2.64 bits per heavy atom.